The average molecular weight is 258 g/mol. The minimum atomic E-state index is -0.567. The summed E-state index contributed by atoms with van der Waals surface area (Å²) in [7, 11) is 4.10. The Labute approximate surface area is 108 Å². The molecule has 0 saturated carbocycles. The largest absolute Gasteiger partial charge is 0.376 e. The van der Waals surface area contributed by atoms with E-state index in [9.17, 15) is 9.59 Å². The van der Waals surface area contributed by atoms with Crippen LogP contribution in [0.2, 0.25) is 0 Å². The summed E-state index contributed by atoms with van der Waals surface area (Å²) in [5, 5.41) is 5.20. The first kappa shape index (κ1) is 14.9. The third-order valence-corrected chi connectivity index (χ3v) is 2.86. The summed E-state index contributed by atoms with van der Waals surface area (Å²) in [6, 6.07) is 0. The number of nitrogens with one attached hydrogen (secondary N) is 3. The predicted octanol–water partition coefficient (Wildman–Crippen LogP) is -2.07. The highest BCUT2D eigenvalue weighted by Gasteiger charge is 2.18. The summed E-state index contributed by atoms with van der Waals surface area (Å²) in [6.07, 6.45) is 2.92. The van der Waals surface area contributed by atoms with Crippen molar-refractivity contribution >= 4 is 11.8 Å². The molecule has 0 unspecified atom stereocenters. The van der Waals surface area contributed by atoms with Gasteiger partial charge in [0.05, 0.1) is 26.7 Å². The van der Waals surface area contributed by atoms with E-state index >= 15 is 0 Å². The standard InChI is InChI=1S/C12H23N3O3/c1-15(2)7-4-6-13-11(16)12(17)14-9-10-5-3-8-18-10/h10H,3-9H2,1-2H3,(H,13,16)(H,14,17)/p+1/t10-/m0/s1. The molecule has 1 fully saturated rings. The highest BCUT2D eigenvalue weighted by atomic mass is 16.5. The Morgan fingerprint density at radius 2 is 2.00 bits per heavy atom. The molecule has 0 aromatic carbocycles. The Hall–Kier alpha value is -1.14. The first-order valence-electron chi connectivity index (χ1n) is 6.56. The summed E-state index contributed by atoms with van der Waals surface area (Å²) in [6.45, 7) is 2.68. The van der Waals surface area contributed by atoms with Crippen molar-refractivity contribution in [1.82, 2.24) is 10.6 Å². The van der Waals surface area contributed by atoms with Crippen LogP contribution in [0, 0.1) is 0 Å². The average Bonchev–Trinajstić information content (AvgIpc) is 2.84. The Kier molecular flexibility index (Phi) is 6.67. The van der Waals surface area contributed by atoms with Crippen molar-refractivity contribution in [1.29, 1.82) is 0 Å². The van der Waals surface area contributed by atoms with E-state index in [0.29, 0.717) is 13.1 Å². The molecule has 0 bridgehead atoms. The molecular formula is C12H24N3O3+. The Morgan fingerprint density at radius 3 is 2.61 bits per heavy atom. The number of carbonyl (C=O) groups is 2. The number of amides is 2. The zero-order valence-electron chi connectivity index (χ0n) is 11.3. The van der Waals surface area contributed by atoms with Crippen LogP contribution in [-0.4, -0.2) is 58.3 Å². The van der Waals surface area contributed by atoms with Gasteiger partial charge in [-0.2, -0.15) is 0 Å². The van der Waals surface area contributed by atoms with Crippen LogP contribution in [0.1, 0.15) is 19.3 Å². The number of hydrogen-bond donors (Lipinski definition) is 3. The summed E-state index contributed by atoms with van der Waals surface area (Å²) < 4.78 is 5.36. The fourth-order valence-corrected chi connectivity index (χ4v) is 1.82. The van der Waals surface area contributed by atoms with E-state index in [2.05, 4.69) is 24.7 Å². The van der Waals surface area contributed by atoms with E-state index in [4.69, 9.17) is 4.74 Å². The molecule has 1 saturated heterocycles. The van der Waals surface area contributed by atoms with Crippen molar-refractivity contribution < 1.29 is 19.2 Å². The van der Waals surface area contributed by atoms with Crippen molar-refractivity contribution in [2.75, 3.05) is 40.3 Å². The Balaban J connectivity index is 2.06. The highest BCUT2D eigenvalue weighted by Crippen LogP contribution is 2.10. The van der Waals surface area contributed by atoms with Crippen molar-refractivity contribution in [2.45, 2.75) is 25.4 Å². The van der Waals surface area contributed by atoms with E-state index in [1.807, 2.05) is 0 Å². The van der Waals surface area contributed by atoms with Gasteiger partial charge >= 0.3 is 11.8 Å². The first-order valence-corrected chi connectivity index (χ1v) is 6.56. The van der Waals surface area contributed by atoms with Gasteiger partial charge in [-0.25, -0.2) is 0 Å². The maximum atomic E-state index is 11.4. The van der Waals surface area contributed by atoms with Gasteiger partial charge in [-0.05, 0) is 12.8 Å². The minimum absolute atomic E-state index is 0.0686. The summed E-state index contributed by atoms with van der Waals surface area (Å²) >= 11 is 0. The lowest BCUT2D eigenvalue weighted by Gasteiger charge is -2.11. The van der Waals surface area contributed by atoms with Crippen molar-refractivity contribution in [2.24, 2.45) is 0 Å². The van der Waals surface area contributed by atoms with E-state index in [1.54, 1.807) is 0 Å². The molecule has 0 aromatic rings. The number of carbonyl (C=O) groups excluding carboxylic acids is 2. The van der Waals surface area contributed by atoms with Crippen LogP contribution in [0.4, 0.5) is 0 Å². The molecule has 6 nitrogen and oxygen atoms in total. The second-order valence-electron chi connectivity index (χ2n) is 4.91. The van der Waals surface area contributed by atoms with Crippen LogP contribution in [0.3, 0.4) is 0 Å². The fourth-order valence-electron chi connectivity index (χ4n) is 1.82. The number of quaternary nitrogens is 1. The Bertz CT molecular complexity index is 276. The smallest absolute Gasteiger partial charge is 0.309 e. The van der Waals surface area contributed by atoms with Crippen LogP contribution in [0.25, 0.3) is 0 Å². The van der Waals surface area contributed by atoms with Gasteiger partial charge in [0.1, 0.15) is 0 Å². The van der Waals surface area contributed by atoms with Gasteiger partial charge in [-0.1, -0.05) is 0 Å². The molecule has 2 amide bonds. The van der Waals surface area contributed by atoms with E-state index < -0.39 is 11.8 Å². The fraction of sp³-hybridized carbons (Fsp3) is 0.833. The summed E-state index contributed by atoms with van der Waals surface area (Å²) in [5.41, 5.74) is 0. The van der Waals surface area contributed by atoms with Crippen LogP contribution < -0.4 is 15.5 Å². The molecule has 1 aliphatic heterocycles. The monoisotopic (exact) mass is 258 g/mol. The number of rotatable bonds is 6. The number of hydrogen-bond acceptors (Lipinski definition) is 3. The molecule has 0 aliphatic carbocycles. The van der Waals surface area contributed by atoms with Gasteiger partial charge in [0, 0.05) is 26.1 Å². The molecular weight excluding hydrogens is 234 g/mol. The van der Waals surface area contributed by atoms with Crippen LogP contribution >= 0.6 is 0 Å². The third kappa shape index (κ3) is 5.97. The van der Waals surface area contributed by atoms with Crippen LogP contribution in [-0.2, 0) is 14.3 Å². The lowest BCUT2D eigenvalue weighted by molar-refractivity contribution is -0.858. The SMILES string of the molecule is C[NH+](C)CCCNC(=O)C(=O)NC[C@@H]1CCCO1. The molecule has 1 atom stereocenters. The molecule has 18 heavy (non-hydrogen) atoms. The summed E-state index contributed by atoms with van der Waals surface area (Å²) in [5.74, 6) is -1.12. The maximum absolute atomic E-state index is 11.4. The van der Waals surface area contributed by atoms with E-state index in [-0.39, 0.29) is 6.10 Å². The van der Waals surface area contributed by atoms with Crippen LogP contribution in [0.15, 0.2) is 0 Å². The van der Waals surface area contributed by atoms with Crippen molar-refractivity contribution in [3.63, 3.8) is 0 Å². The van der Waals surface area contributed by atoms with Gasteiger partial charge in [0.2, 0.25) is 0 Å². The lowest BCUT2D eigenvalue weighted by Crippen LogP contribution is -3.05. The zero-order valence-corrected chi connectivity index (χ0v) is 11.3. The lowest BCUT2D eigenvalue weighted by atomic mass is 10.2. The third-order valence-electron chi connectivity index (χ3n) is 2.86. The van der Waals surface area contributed by atoms with E-state index in [0.717, 1.165) is 32.4 Å². The quantitative estimate of drug-likeness (QED) is 0.379. The minimum Gasteiger partial charge on any atom is -0.376 e. The van der Waals surface area contributed by atoms with Gasteiger partial charge in [-0.3, -0.25) is 9.59 Å². The van der Waals surface area contributed by atoms with Gasteiger partial charge in [0.15, 0.2) is 0 Å². The Morgan fingerprint density at radius 1 is 1.28 bits per heavy atom. The molecule has 1 aliphatic rings. The maximum Gasteiger partial charge on any atom is 0.309 e. The highest BCUT2D eigenvalue weighted by molar-refractivity contribution is 6.35. The first-order chi connectivity index (χ1) is 8.59. The zero-order chi connectivity index (χ0) is 13.4. The van der Waals surface area contributed by atoms with E-state index in [1.165, 1.54) is 4.90 Å². The molecule has 3 N–H and O–H groups in total. The second-order valence-corrected chi connectivity index (χ2v) is 4.91. The molecule has 0 aromatic heterocycles. The van der Waals surface area contributed by atoms with Gasteiger partial charge in [-0.15, -0.1) is 0 Å². The molecule has 1 heterocycles. The van der Waals surface area contributed by atoms with Gasteiger partial charge in [0.25, 0.3) is 0 Å². The molecule has 0 spiro atoms. The van der Waals surface area contributed by atoms with Crippen LogP contribution in [0.5, 0.6) is 0 Å². The van der Waals surface area contributed by atoms with Crippen molar-refractivity contribution in [3.8, 4) is 0 Å². The molecule has 1 rings (SSSR count). The molecule has 6 heteroatoms. The molecule has 0 radical (unpaired) electrons. The normalized spacial score (nSPS) is 18.9. The van der Waals surface area contributed by atoms with Gasteiger partial charge < -0.3 is 20.3 Å². The molecule has 104 valence electrons. The predicted molar refractivity (Wildman–Crippen MR) is 67.3 cm³/mol. The summed E-state index contributed by atoms with van der Waals surface area (Å²) in [4.78, 5) is 24.2. The topological polar surface area (TPSA) is 71.9 Å². The van der Waals surface area contributed by atoms with Crippen molar-refractivity contribution in [3.05, 3.63) is 0 Å². The number of ether oxygens (including phenoxy) is 1. The second kappa shape index (κ2) is 8.05.